The molecule has 0 aromatic carbocycles. The summed E-state index contributed by atoms with van der Waals surface area (Å²) in [6, 6.07) is 1.91. The quantitative estimate of drug-likeness (QED) is 0.751. The summed E-state index contributed by atoms with van der Waals surface area (Å²) in [5.74, 6) is 0.256. The number of Topliss-reactive ketones (excluding diaryl/α,β-unsaturated/α-hetero) is 1. The van der Waals surface area contributed by atoms with E-state index < -0.39 is 0 Å². The van der Waals surface area contributed by atoms with Crippen LogP contribution >= 0.6 is 0 Å². The van der Waals surface area contributed by atoms with Gasteiger partial charge in [0.25, 0.3) is 0 Å². The zero-order valence-corrected chi connectivity index (χ0v) is 10.7. The van der Waals surface area contributed by atoms with Crippen LogP contribution in [-0.4, -0.2) is 34.9 Å². The van der Waals surface area contributed by atoms with E-state index in [9.17, 15) is 4.79 Å². The number of aromatic nitrogens is 1. The highest BCUT2D eigenvalue weighted by Crippen LogP contribution is 2.11. The fourth-order valence-corrected chi connectivity index (χ4v) is 2.43. The van der Waals surface area contributed by atoms with E-state index in [2.05, 4.69) is 4.90 Å². The van der Waals surface area contributed by atoms with Crippen LogP contribution in [0.15, 0.2) is 18.5 Å². The third-order valence-corrected chi connectivity index (χ3v) is 3.47. The van der Waals surface area contributed by atoms with Gasteiger partial charge < -0.3 is 4.57 Å². The molecule has 0 aliphatic carbocycles. The number of carbonyl (C=O) groups excluding carboxylic acids is 1. The van der Waals surface area contributed by atoms with Crippen molar-refractivity contribution in [3.05, 3.63) is 24.0 Å². The van der Waals surface area contributed by atoms with Gasteiger partial charge in [0.1, 0.15) is 0 Å². The van der Waals surface area contributed by atoms with E-state index >= 15 is 0 Å². The Kier molecular flexibility index (Phi) is 4.37. The second kappa shape index (κ2) is 6.01. The standard InChI is InChI=1S/C14H22N2O/c1-15-10-7-13(11-15)14(17)12-16-8-5-3-2-4-6-9-16/h7,10-11H,2-6,8-9,12H2,1H3. The summed E-state index contributed by atoms with van der Waals surface area (Å²) in [6.45, 7) is 2.75. The fourth-order valence-electron chi connectivity index (χ4n) is 2.43. The number of aryl methyl sites for hydroxylation is 1. The van der Waals surface area contributed by atoms with Crippen molar-refractivity contribution in [2.45, 2.75) is 32.1 Å². The van der Waals surface area contributed by atoms with Crippen LogP contribution in [0.5, 0.6) is 0 Å². The largest absolute Gasteiger partial charge is 0.357 e. The lowest BCUT2D eigenvalue weighted by atomic mass is 10.1. The molecular formula is C14H22N2O. The average molecular weight is 234 g/mol. The van der Waals surface area contributed by atoms with Crippen molar-refractivity contribution in [1.82, 2.24) is 9.47 Å². The zero-order valence-electron chi connectivity index (χ0n) is 10.7. The molecule has 1 aromatic rings. The molecule has 3 nitrogen and oxygen atoms in total. The number of ketones is 1. The molecule has 0 radical (unpaired) electrons. The van der Waals surface area contributed by atoms with Crippen molar-refractivity contribution in [2.24, 2.45) is 7.05 Å². The van der Waals surface area contributed by atoms with E-state index in [1.165, 1.54) is 32.1 Å². The van der Waals surface area contributed by atoms with Gasteiger partial charge in [0.2, 0.25) is 0 Å². The number of rotatable bonds is 3. The van der Waals surface area contributed by atoms with Crippen molar-refractivity contribution in [2.75, 3.05) is 19.6 Å². The second-order valence-corrected chi connectivity index (χ2v) is 5.03. The Hall–Kier alpha value is -1.09. The molecule has 1 saturated heterocycles. The first-order chi connectivity index (χ1) is 8.25. The Morgan fingerprint density at radius 2 is 1.82 bits per heavy atom. The monoisotopic (exact) mass is 234 g/mol. The zero-order chi connectivity index (χ0) is 12.1. The molecule has 1 aliphatic rings. The maximum atomic E-state index is 12.1. The van der Waals surface area contributed by atoms with Gasteiger partial charge in [-0.05, 0) is 32.0 Å². The molecule has 0 amide bonds. The van der Waals surface area contributed by atoms with Crippen LogP contribution in [0.25, 0.3) is 0 Å². The van der Waals surface area contributed by atoms with Crippen LogP contribution in [-0.2, 0) is 7.05 Å². The van der Waals surface area contributed by atoms with Crippen LogP contribution in [0.3, 0.4) is 0 Å². The van der Waals surface area contributed by atoms with Gasteiger partial charge in [-0.3, -0.25) is 9.69 Å². The maximum Gasteiger partial charge on any atom is 0.178 e. The summed E-state index contributed by atoms with van der Waals surface area (Å²) >= 11 is 0. The van der Waals surface area contributed by atoms with Crippen molar-refractivity contribution in [1.29, 1.82) is 0 Å². The first-order valence-electron chi connectivity index (χ1n) is 6.63. The number of hydrogen-bond acceptors (Lipinski definition) is 2. The fraction of sp³-hybridized carbons (Fsp3) is 0.643. The number of nitrogens with zero attached hydrogens (tertiary/aromatic N) is 2. The van der Waals surface area contributed by atoms with Gasteiger partial charge >= 0.3 is 0 Å². The summed E-state index contributed by atoms with van der Waals surface area (Å²) < 4.78 is 1.93. The summed E-state index contributed by atoms with van der Waals surface area (Å²) in [7, 11) is 1.95. The highest BCUT2D eigenvalue weighted by atomic mass is 16.1. The van der Waals surface area contributed by atoms with Gasteiger partial charge in [0.05, 0.1) is 6.54 Å². The van der Waals surface area contributed by atoms with Gasteiger partial charge in [-0.25, -0.2) is 0 Å². The molecule has 0 unspecified atom stereocenters. The van der Waals surface area contributed by atoms with Crippen molar-refractivity contribution in [3.8, 4) is 0 Å². The molecule has 2 heterocycles. The first-order valence-corrected chi connectivity index (χ1v) is 6.63. The van der Waals surface area contributed by atoms with Crippen LogP contribution in [0.1, 0.15) is 42.5 Å². The molecule has 0 N–H and O–H groups in total. The predicted octanol–water partition coefficient (Wildman–Crippen LogP) is 2.47. The second-order valence-electron chi connectivity index (χ2n) is 5.03. The topological polar surface area (TPSA) is 25.2 Å². The lowest BCUT2D eigenvalue weighted by Crippen LogP contribution is -2.32. The van der Waals surface area contributed by atoms with Crippen molar-refractivity contribution < 1.29 is 4.79 Å². The maximum absolute atomic E-state index is 12.1. The molecule has 0 bridgehead atoms. The first kappa shape index (κ1) is 12.4. The summed E-state index contributed by atoms with van der Waals surface area (Å²) in [6.07, 6.45) is 10.3. The average Bonchev–Trinajstić information content (AvgIpc) is 2.68. The molecule has 1 fully saturated rings. The molecule has 0 spiro atoms. The van der Waals surface area contributed by atoms with E-state index in [0.29, 0.717) is 6.54 Å². The lowest BCUT2D eigenvalue weighted by Gasteiger charge is -2.23. The van der Waals surface area contributed by atoms with Crippen LogP contribution < -0.4 is 0 Å². The molecule has 1 aliphatic heterocycles. The molecule has 3 heteroatoms. The molecule has 1 aromatic heterocycles. The molecular weight excluding hydrogens is 212 g/mol. The minimum Gasteiger partial charge on any atom is -0.357 e. The van der Waals surface area contributed by atoms with Gasteiger partial charge in [0, 0.05) is 25.0 Å². The molecule has 0 saturated carbocycles. The predicted molar refractivity (Wildman–Crippen MR) is 69.3 cm³/mol. The Balaban J connectivity index is 1.88. The van der Waals surface area contributed by atoms with E-state index in [4.69, 9.17) is 0 Å². The van der Waals surface area contributed by atoms with Crippen molar-refractivity contribution in [3.63, 3.8) is 0 Å². The minimum absolute atomic E-state index is 0.256. The van der Waals surface area contributed by atoms with E-state index in [1.807, 2.05) is 30.1 Å². The number of likely N-dealkylation sites (tertiary alicyclic amines) is 1. The Labute approximate surface area is 103 Å². The van der Waals surface area contributed by atoms with Crippen LogP contribution in [0.2, 0.25) is 0 Å². The van der Waals surface area contributed by atoms with Crippen molar-refractivity contribution >= 4 is 5.78 Å². The number of carbonyl (C=O) groups is 1. The number of hydrogen-bond donors (Lipinski definition) is 0. The normalized spacial score (nSPS) is 18.6. The van der Waals surface area contributed by atoms with E-state index in [1.54, 1.807) is 0 Å². The third kappa shape index (κ3) is 3.70. The van der Waals surface area contributed by atoms with Gasteiger partial charge in [-0.15, -0.1) is 0 Å². The summed E-state index contributed by atoms with van der Waals surface area (Å²) in [5.41, 5.74) is 0.842. The Morgan fingerprint density at radius 1 is 1.18 bits per heavy atom. The molecule has 17 heavy (non-hydrogen) atoms. The summed E-state index contributed by atoms with van der Waals surface area (Å²) in [4.78, 5) is 14.4. The molecule has 2 rings (SSSR count). The molecule has 0 atom stereocenters. The van der Waals surface area contributed by atoms with Gasteiger partial charge in [-0.2, -0.15) is 0 Å². The lowest BCUT2D eigenvalue weighted by molar-refractivity contribution is 0.0924. The SMILES string of the molecule is Cn1ccc(C(=O)CN2CCCCCCC2)c1. The van der Waals surface area contributed by atoms with E-state index in [0.717, 1.165) is 18.7 Å². The third-order valence-electron chi connectivity index (χ3n) is 3.47. The highest BCUT2D eigenvalue weighted by molar-refractivity contribution is 5.97. The molecule has 94 valence electrons. The highest BCUT2D eigenvalue weighted by Gasteiger charge is 2.14. The van der Waals surface area contributed by atoms with Gasteiger partial charge in [0.15, 0.2) is 5.78 Å². The van der Waals surface area contributed by atoms with Crippen LogP contribution in [0, 0.1) is 0 Å². The van der Waals surface area contributed by atoms with E-state index in [-0.39, 0.29) is 5.78 Å². The van der Waals surface area contributed by atoms with Crippen LogP contribution in [0.4, 0.5) is 0 Å². The smallest absolute Gasteiger partial charge is 0.178 e. The summed E-state index contributed by atoms with van der Waals surface area (Å²) in [5, 5.41) is 0. The van der Waals surface area contributed by atoms with Gasteiger partial charge in [-0.1, -0.05) is 19.3 Å². The Morgan fingerprint density at radius 3 is 2.41 bits per heavy atom. The minimum atomic E-state index is 0.256. The Bertz CT molecular complexity index is 362.